The Morgan fingerprint density at radius 3 is 2.57 bits per heavy atom. The smallest absolute Gasteiger partial charge is 0.407 e. The number of aromatic nitrogens is 2. The lowest BCUT2D eigenvalue weighted by atomic mass is 10.1. The summed E-state index contributed by atoms with van der Waals surface area (Å²) >= 11 is 0. The van der Waals surface area contributed by atoms with Crippen LogP contribution in [0.3, 0.4) is 0 Å². The number of hydrogen-bond donors (Lipinski definition) is 1. The largest absolute Gasteiger partial charge is 0.450 e. The maximum atomic E-state index is 12.2. The van der Waals surface area contributed by atoms with Gasteiger partial charge in [0.1, 0.15) is 6.54 Å². The van der Waals surface area contributed by atoms with Crippen molar-refractivity contribution in [3.8, 4) is 11.4 Å². The third kappa shape index (κ3) is 5.29. The van der Waals surface area contributed by atoms with Crippen LogP contribution in [0, 0.1) is 6.92 Å². The first kappa shape index (κ1) is 19.8. The molecule has 1 aromatic heterocycles. The van der Waals surface area contributed by atoms with Gasteiger partial charge in [0.2, 0.25) is 17.6 Å². The molecule has 0 spiro atoms. The summed E-state index contributed by atoms with van der Waals surface area (Å²) in [5.74, 6) is 1.01. The van der Waals surface area contributed by atoms with E-state index in [4.69, 9.17) is 9.26 Å². The highest BCUT2D eigenvalue weighted by Gasteiger charge is 2.23. The van der Waals surface area contributed by atoms with Gasteiger partial charge in [0.15, 0.2) is 0 Å². The fourth-order valence-electron chi connectivity index (χ4n) is 2.93. The van der Waals surface area contributed by atoms with Crippen molar-refractivity contribution < 1.29 is 18.8 Å². The van der Waals surface area contributed by atoms with Gasteiger partial charge in [-0.1, -0.05) is 35.0 Å². The van der Waals surface area contributed by atoms with Crippen molar-refractivity contribution in [2.75, 3.05) is 39.3 Å². The number of rotatable bonds is 6. The molecule has 1 aliphatic heterocycles. The topological polar surface area (TPSA) is 101 Å². The lowest BCUT2D eigenvalue weighted by Gasteiger charge is -2.33. The Labute approximate surface area is 163 Å². The van der Waals surface area contributed by atoms with Crippen LogP contribution in [-0.4, -0.2) is 71.3 Å². The van der Waals surface area contributed by atoms with Gasteiger partial charge in [-0.2, -0.15) is 4.98 Å². The van der Waals surface area contributed by atoms with E-state index in [-0.39, 0.29) is 19.1 Å². The average Bonchev–Trinajstić information content (AvgIpc) is 3.16. The molecule has 9 heteroatoms. The van der Waals surface area contributed by atoms with Crippen molar-refractivity contribution >= 4 is 12.0 Å². The van der Waals surface area contributed by atoms with E-state index in [9.17, 15) is 9.59 Å². The number of ether oxygens (including phenoxy) is 1. The first-order valence-electron chi connectivity index (χ1n) is 9.35. The Bertz CT molecular complexity index is 797. The average molecular weight is 387 g/mol. The highest BCUT2D eigenvalue weighted by molar-refractivity contribution is 5.82. The highest BCUT2D eigenvalue weighted by Crippen LogP contribution is 2.17. The van der Waals surface area contributed by atoms with Crippen LogP contribution >= 0.6 is 0 Å². The van der Waals surface area contributed by atoms with Crippen molar-refractivity contribution in [1.82, 2.24) is 25.3 Å². The van der Waals surface area contributed by atoms with Crippen molar-refractivity contribution in [3.05, 3.63) is 35.7 Å². The van der Waals surface area contributed by atoms with Crippen molar-refractivity contribution in [2.24, 2.45) is 0 Å². The molecule has 28 heavy (non-hydrogen) atoms. The number of piperazine rings is 1. The zero-order chi connectivity index (χ0) is 19.9. The standard InChI is InChI=1S/C19H25N5O4/c1-3-27-19(26)20-12-17(25)24-10-8-23(9-11-24)13-16-21-18(22-28-16)15-6-4-14(2)5-7-15/h4-7H,3,8-13H2,1-2H3,(H,20,26). The molecule has 9 nitrogen and oxygen atoms in total. The minimum absolute atomic E-state index is 0.0532. The SMILES string of the molecule is CCOC(=O)NCC(=O)N1CCN(Cc2nc(-c3ccc(C)cc3)no2)CC1. The van der Waals surface area contributed by atoms with Crippen LogP contribution in [0.15, 0.2) is 28.8 Å². The van der Waals surface area contributed by atoms with Gasteiger partial charge in [0, 0.05) is 31.7 Å². The number of carbonyl (C=O) groups excluding carboxylic acids is 2. The van der Waals surface area contributed by atoms with Crippen molar-refractivity contribution in [3.63, 3.8) is 0 Å². The summed E-state index contributed by atoms with van der Waals surface area (Å²) in [6.07, 6.45) is -0.574. The number of nitrogens with zero attached hydrogens (tertiary/aromatic N) is 4. The molecule has 0 bridgehead atoms. The first-order valence-corrected chi connectivity index (χ1v) is 9.35. The monoisotopic (exact) mass is 387 g/mol. The zero-order valence-corrected chi connectivity index (χ0v) is 16.2. The summed E-state index contributed by atoms with van der Waals surface area (Å²) in [5.41, 5.74) is 2.10. The number of benzene rings is 1. The molecule has 1 aliphatic rings. The summed E-state index contributed by atoms with van der Waals surface area (Å²) in [5, 5.41) is 6.51. The molecule has 1 fully saturated rings. The quantitative estimate of drug-likeness (QED) is 0.800. The Balaban J connectivity index is 1.45. The second-order valence-electron chi connectivity index (χ2n) is 6.61. The molecule has 0 aliphatic carbocycles. The van der Waals surface area contributed by atoms with Gasteiger partial charge in [-0.25, -0.2) is 4.79 Å². The number of amides is 2. The van der Waals surface area contributed by atoms with Crippen LogP contribution in [0.1, 0.15) is 18.4 Å². The minimum atomic E-state index is -0.574. The van der Waals surface area contributed by atoms with E-state index in [1.165, 1.54) is 5.56 Å². The van der Waals surface area contributed by atoms with E-state index in [0.29, 0.717) is 44.4 Å². The van der Waals surface area contributed by atoms with Crippen LogP contribution < -0.4 is 5.32 Å². The van der Waals surface area contributed by atoms with Crippen molar-refractivity contribution in [2.45, 2.75) is 20.4 Å². The molecule has 1 saturated heterocycles. The fourth-order valence-corrected chi connectivity index (χ4v) is 2.93. The van der Waals surface area contributed by atoms with Crippen LogP contribution in [0.5, 0.6) is 0 Å². The second kappa shape index (κ2) is 9.32. The highest BCUT2D eigenvalue weighted by atomic mass is 16.5. The number of nitrogens with one attached hydrogen (secondary N) is 1. The summed E-state index contributed by atoms with van der Waals surface area (Å²) in [4.78, 5) is 31.8. The summed E-state index contributed by atoms with van der Waals surface area (Å²) < 4.78 is 10.1. The third-order valence-electron chi connectivity index (χ3n) is 4.52. The number of alkyl carbamates (subject to hydrolysis) is 1. The van der Waals surface area contributed by atoms with Crippen LogP contribution in [-0.2, 0) is 16.1 Å². The van der Waals surface area contributed by atoms with Crippen LogP contribution in [0.25, 0.3) is 11.4 Å². The number of aryl methyl sites for hydroxylation is 1. The maximum absolute atomic E-state index is 12.2. The fraction of sp³-hybridized carbons (Fsp3) is 0.474. The molecular weight excluding hydrogens is 362 g/mol. The molecule has 2 aromatic rings. The van der Waals surface area contributed by atoms with Gasteiger partial charge in [-0.05, 0) is 13.8 Å². The molecule has 1 N–H and O–H groups in total. The van der Waals surface area contributed by atoms with Crippen molar-refractivity contribution in [1.29, 1.82) is 0 Å². The molecule has 0 unspecified atom stereocenters. The van der Waals surface area contributed by atoms with Gasteiger partial charge in [0.05, 0.1) is 13.2 Å². The van der Waals surface area contributed by atoms with Crippen LogP contribution in [0.4, 0.5) is 4.79 Å². The molecule has 150 valence electrons. The Hall–Kier alpha value is -2.94. The Morgan fingerprint density at radius 2 is 1.89 bits per heavy atom. The molecular formula is C19H25N5O4. The van der Waals surface area contributed by atoms with E-state index in [0.717, 1.165) is 5.56 Å². The molecule has 0 atom stereocenters. The normalized spacial score (nSPS) is 14.7. The third-order valence-corrected chi connectivity index (χ3v) is 4.52. The Morgan fingerprint density at radius 1 is 1.18 bits per heavy atom. The van der Waals surface area contributed by atoms with Gasteiger partial charge in [-0.15, -0.1) is 0 Å². The molecule has 0 saturated carbocycles. The van der Waals surface area contributed by atoms with Gasteiger partial charge in [0.25, 0.3) is 0 Å². The van der Waals surface area contributed by atoms with E-state index < -0.39 is 6.09 Å². The second-order valence-corrected chi connectivity index (χ2v) is 6.61. The summed E-state index contributed by atoms with van der Waals surface area (Å²) in [7, 11) is 0. The van der Waals surface area contributed by atoms with E-state index in [1.807, 2.05) is 31.2 Å². The lowest BCUT2D eigenvalue weighted by molar-refractivity contribution is -0.132. The predicted octanol–water partition coefficient (Wildman–Crippen LogP) is 1.44. The molecule has 2 amide bonds. The molecule has 3 rings (SSSR count). The number of hydrogen-bond acceptors (Lipinski definition) is 7. The number of carbonyl (C=O) groups is 2. The van der Waals surface area contributed by atoms with Crippen LogP contribution in [0.2, 0.25) is 0 Å². The van der Waals surface area contributed by atoms with Gasteiger partial charge >= 0.3 is 6.09 Å². The summed E-state index contributed by atoms with van der Waals surface area (Å²) in [6.45, 7) is 7.09. The van der Waals surface area contributed by atoms with E-state index in [2.05, 4.69) is 20.4 Å². The first-order chi connectivity index (χ1) is 13.5. The molecule has 1 aromatic carbocycles. The van der Waals surface area contributed by atoms with E-state index >= 15 is 0 Å². The van der Waals surface area contributed by atoms with E-state index in [1.54, 1.807) is 11.8 Å². The minimum Gasteiger partial charge on any atom is -0.450 e. The Kier molecular flexibility index (Phi) is 6.59. The zero-order valence-electron chi connectivity index (χ0n) is 16.2. The van der Waals surface area contributed by atoms with Gasteiger partial charge < -0.3 is 19.5 Å². The molecule has 0 radical (unpaired) electrons. The summed E-state index contributed by atoms with van der Waals surface area (Å²) in [6, 6.07) is 7.97. The predicted molar refractivity (Wildman–Crippen MR) is 101 cm³/mol. The lowest BCUT2D eigenvalue weighted by Crippen LogP contribution is -2.50. The van der Waals surface area contributed by atoms with Gasteiger partial charge in [-0.3, -0.25) is 9.69 Å². The molecule has 2 heterocycles. The maximum Gasteiger partial charge on any atom is 0.407 e.